The second kappa shape index (κ2) is 7.53. The lowest BCUT2D eigenvalue weighted by Crippen LogP contribution is -2.44. The lowest BCUT2D eigenvalue weighted by molar-refractivity contribution is 0.0837. The molecule has 0 spiro atoms. The number of hydrogen-bond acceptors (Lipinski definition) is 3. The highest BCUT2D eigenvalue weighted by Crippen LogP contribution is 2.23. The monoisotopic (exact) mass is 287 g/mol. The fourth-order valence-corrected chi connectivity index (χ4v) is 2.84. The van der Waals surface area contributed by atoms with E-state index < -0.39 is 0 Å². The van der Waals surface area contributed by atoms with E-state index >= 15 is 0 Å². The Hall–Kier alpha value is -1.45. The van der Waals surface area contributed by atoms with Gasteiger partial charge < -0.3 is 5.11 Å². The van der Waals surface area contributed by atoms with Gasteiger partial charge in [0.2, 0.25) is 0 Å². The van der Waals surface area contributed by atoms with Crippen LogP contribution in [0, 0.1) is 0 Å². The van der Waals surface area contributed by atoms with Crippen LogP contribution in [-0.2, 0) is 0 Å². The first-order chi connectivity index (χ1) is 10.1. The summed E-state index contributed by atoms with van der Waals surface area (Å²) in [6, 6.07) is 9.92. The highest BCUT2D eigenvalue weighted by atomic mass is 16.3. The minimum atomic E-state index is -0.273. The molecule has 2 rings (SSSR count). The molecule has 0 amide bonds. The smallest absolute Gasteiger partial charge is 0.164 e. The number of rotatable bonds is 6. The number of ketones is 1. The summed E-state index contributed by atoms with van der Waals surface area (Å²) in [5, 5.41) is 9.85. The van der Waals surface area contributed by atoms with Crippen LogP contribution in [0.1, 0.15) is 43.0 Å². The molecule has 0 saturated heterocycles. The van der Waals surface area contributed by atoms with Crippen molar-refractivity contribution in [2.75, 3.05) is 7.05 Å². The Morgan fingerprint density at radius 2 is 2.10 bits per heavy atom. The van der Waals surface area contributed by atoms with Gasteiger partial charge in [0.05, 0.1) is 6.10 Å². The van der Waals surface area contributed by atoms with E-state index in [4.69, 9.17) is 0 Å². The average Bonchev–Trinajstić information content (AvgIpc) is 2.52. The van der Waals surface area contributed by atoms with E-state index in [2.05, 4.69) is 24.1 Å². The van der Waals surface area contributed by atoms with E-state index in [1.807, 2.05) is 37.3 Å². The number of aliphatic hydroxyl groups is 1. The number of nitrogens with zero attached hydrogens (tertiary/aromatic N) is 1. The standard InChI is InChI=1S/C18H25NO2/c1-3-17(20)12-15-10-7-11-16(19(15)2)13-18(21)14-8-5-4-6-9-14/h4-10,15-17,20H,3,11-13H2,1-2H3. The van der Waals surface area contributed by atoms with Crippen LogP contribution >= 0.6 is 0 Å². The van der Waals surface area contributed by atoms with Crippen molar-refractivity contribution >= 4 is 5.78 Å². The van der Waals surface area contributed by atoms with Crippen molar-refractivity contribution in [3.63, 3.8) is 0 Å². The van der Waals surface area contributed by atoms with E-state index in [-0.39, 0.29) is 24.0 Å². The lowest BCUT2D eigenvalue weighted by atomic mass is 9.93. The van der Waals surface area contributed by atoms with Crippen molar-refractivity contribution in [1.82, 2.24) is 4.90 Å². The predicted molar refractivity (Wildman–Crippen MR) is 85.4 cm³/mol. The third-order valence-corrected chi connectivity index (χ3v) is 4.37. The number of aliphatic hydroxyl groups excluding tert-OH is 1. The fourth-order valence-electron chi connectivity index (χ4n) is 2.84. The molecule has 0 aromatic heterocycles. The molecule has 0 aliphatic carbocycles. The third-order valence-electron chi connectivity index (χ3n) is 4.37. The van der Waals surface area contributed by atoms with Crippen LogP contribution in [0.4, 0.5) is 0 Å². The normalized spacial score (nSPS) is 24.0. The molecule has 1 N–H and O–H groups in total. The second-order valence-electron chi connectivity index (χ2n) is 5.84. The first-order valence-corrected chi connectivity index (χ1v) is 7.76. The summed E-state index contributed by atoms with van der Waals surface area (Å²) in [7, 11) is 2.06. The summed E-state index contributed by atoms with van der Waals surface area (Å²) in [6.45, 7) is 1.99. The van der Waals surface area contributed by atoms with E-state index in [1.54, 1.807) is 0 Å². The molecule has 0 fully saturated rings. The Morgan fingerprint density at radius 1 is 1.38 bits per heavy atom. The average molecular weight is 287 g/mol. The molecule has 1 aromatic carbocycles. The van der Waals surface area contributed by atoms with Crippen molar-refractivity contribution in [3.8, 4) is 0 Å². The predicted octanol–water partition coefficient (Wildman–Crippen LogP) is 3.05. The Bertz CT molecular complexity index is 483. The van der Waals surface area contributed by atoms with Gasteiger partial charge in [0.25, 0.3) is 0 Å². The molecular formula is C18H25NO2. The molecule has 0 saturated carbocycles. The third kappa shape index (κ3) is 4.26. The van der Waals surface area contributed by atoms with E-state index in [0.29, 0.717) is 6.42 Å². The zero-order chi connectivity index (χ0) is 15.2. The lowest BCUT2D eigenvalue weighted by Gasteiger charge is -2.37. The Balaban J connectivity index is 1.98. The topological polar surface area (TPSA) is 40.5 Å². The van der Waals surface area contributed by atoms with Gasteiger partial charge in [-0.25, -0.2) is 0 Å². The first-order valence-electron chi connectivity index (χ1n) is 7.76. The van der Waals surface area contributed by atoms with Gasteiger partial charge in [0.15, 0.2) is 5.78 Å². The minimum absolute atomic E-state index is 0.192. The van der Waals surface area contributed by atoms with Crippen molar-refractivity contribution < 1.29 is 9.90 Å². The van der Waals surface area contributed by atoms with Gasteiger partial charge in [-0.15, -0.1) is 0 Å². The SMILES string of the molecule is CCC(O)CC1C=CCC(CC(=O)c2ccccc2)N1C. The van der Waals surface area contributed by atoms with Crippen LogP contribution in [-0.4, -0.2) is 41.0 Å². The Morgan fingerprint density at radius 3 is 2.76 bits per heavy atom. The quantitative estimate of drug-likeness (QED) is 0.646. The van der Waals surface area contributed by atoms with Crippen LogP contribution in [0.25, 0.3) is 0 Å². The maximum Gasteiger partial charge on any atom is 0.164 e. The summed E-state index contributed by atoms with van der Waals surface area (Å²) < 4.78 is 0. The van der Waals surface area contributed by atoms with Gasteiger partial charge in [0, 0.05) is 24.1 Å². The highest BCUT2D eigenvalue weighted by Gasteiger charge is 2.27. The maximum atomic E-state index is 12.3. The Labute approximate surface area is 127 Å². The van der Waals surface area contributed by atoms with Gasteiger partial charge in [-0.2, -0.15) is 0 Å². The molecule has 1 aliphatic rings. The van der Waals surface area contributed by atoms with Crippen LogP contribution < -0.4 is 0 Å². The summed E-state index contributed by atoms with van der Waals surface area (Å²) in [4.78, 5) is 14.6. The second-order valence-corrected chi connectivity index (χ2v) is 5.84. The molecule has 0 bridgehead atoms. The van der Waals surface area contributed by atoms with Crippen LogP contribution in [0.5, 0.6) is 0 Å². The molecule has 1 heterocycles. The fraction of sp³-hybridized carbons (Fsp3) is 0.500. The number of Topliss-reactive ketones (excluding diaryl/α,β-unsaturated/α-hetero) is 1. The van der Waals surface area contributed by atoms with Gasteiger partial charge in [-0.05, 0) is 26.3 Å². The number of likely N-dealkylation sites (N-methyl/N-ethyl adjacent to an activating group) is 1. The molecule has 3 nitrogen and oxygen atoms in total. The van der Waals surface area contributed by atoms with Gasteiger partial charge in [0.1, 0.15) is 0 Å². The van der Waals surface area contributed by atoms with Gasteiger partial charge in [-0.1, -0.05) is 49.4 Å². The van der Waals surface area contributed by atoms with E-state index in [9.17, 15) is 9.90 Å². The van der Waals surface area contributed by atoms with Crippen molar-refractivity contribution in [3.05, 3.63) is 48.0 Å². The zero-order valence-corrected chi connectivity index (χ0v) is 12.9. The molecule has 3 heteroatoms. The molecule has 114 valence electrons. The van der Waals surface area contributed by atoms with Crippen molar-refractivity contribution in [2.24, 2.45) is 0 Å². The summed E-state index contributed by atoms with van der Waals surface area (Å²) in [5.41, 5.74) is 0.783. The molecule has 1 aliphatic heterocycles. The van der Waals surface area contributed by atoms with E-state index in [1.165, 1.54) is 0 Å². The van der Waals surface area contributed by atoms with Crippen LogP contribution in [0.2, 0.25) is 0 Å². The molecule has 0 radical (unpaired) electrons. The van der Waals surface area contributed by atoms with Crippen LogP contribution in [0.3, 0.4) is 0 Å². The maximum absolute atomic E-state index is 12.3. The number of hydrogen-bond donors (Lipinski definition) is 1. The van der Waals surface area contributed by atoms with Gasteiger partial charge >= 0.3 is 0 Å². The Kier molecular flexibility index (Phi) is 5.71. The summed E-state index contributed by atoms with van der Waals surface area (Å²) >= 11 is 0. The van der Waals surface area contributed by atoms with Crippen molar-refractivity contribution in [1.29, 1.82) is 0 Å². The first kappa shape index (κ1) is 15.9. The van der Waals surface area contributed by atoms with Crippen molar-refractivity contribution in [2.45, 2.75) is 50.8 Å². The molecule has 3 atom stereocenters. The zero-order valence-electron chi connectivity index (χ0n) is 12.9. The molecule has 1 aromatic rings. The number of carbonyl (C=O) groups excluding carboxylic acids is 1. The van der Waals surface area contributed by atoms with E-state index in [0.717, 1.165) is 24.8 Å². The molecule has 21 heavy (non-hydrogen) atoms. The summed E-state index contributed by atoms with van der Waals surface area (Å²) in [5.74, 6) is 0.192. The number of carbonyl (C=O) groups is 1. The largest absolute Gasteiger partial charge is 0.393 e. The number of benzene rings is 1. The highest BCUT2D eigenvalue weighted by molar-refractivity contribution is 5.96. The molecule has 3 unspecified atom stereocenters. The van der Waals surface area contributed by atoms with Crippen LogP contribution in [0.15, 0.2) is 42.5 Å². The molecular weight excluding hydrogens is 262 g/mol. The van der Waals surface area contributed by atoms with Gasteiger partial charge in [-0.3, -0.25) is 9.69 Å². The summed E-state index contributed by atoms with van der Waals surface area (Å²) in [6.07, 6.45) is 6.96. The minimum Gasteiger partial charge on any atom is -0.393 e.